The number of carbonyl (C=O) groups is 1. The fourth-order valence-electron chi connectivity index (χ4n) is 1.71. The maximum absolute atomic E-state index is 11.0. The second-order valence-electron chi connectivity index (χ2n) is 3.77. The van der Waals surface area contributed by atoms with Crippen LogP contribution >= 0.6 is 0 Å². The first-order valence-electron chi connectivity index (χ1n) is 5.35. The number of rotatable bonds is 4. The third-order valence-electron chi connectivity index (χ3n) is 2.50. The van der Waals surface area contributed by atoms with Crippen LogP contribution in [0.3, 0.4) is 0 Å². The molecule has 0 spiro atoms. The summed E-state index contributed by atoms with van der Waals surface area (Å²) in [6.45, 7) is 3.75. The summed E-state index contributed by atoms with van der Waals surface area (Å²) >= 11 is 0. The smallest absolute Gasteiger partial charge is 0.306 e. The van der Waals surface area contributed by atoms with Crippen molar-refractivity contribution in [2.24, 2.45) is 5.92 Å². The molecule has 0 amide bonds. The molecule has 0 N–H and O–H groups in total. The Kier molecular flexibility index (Phi) is 4.87. The Labute approximate surface area is 80.7 Å². The molecule has 75 valence electrons. The Morgan fingerprint density at radius 3 is 2.69 bits per heavy atom. The van der Waals surface area contributed by atoms with Crippen molar-refractivity contribution >= 4 is 5.97 Å². The molecule has 2 nitrogen and oxygen atoms in total. The van der Waals surface area contributed by atoms with E-state index < -0.39 is 0 Å². The van der Waals surface area contributed by atoms with Crippen molar-refractivity contribution in [1.29, 1.82) is 0 Å². The molecule has 0 aromatic rings. The molecule has 0 aliphatic heterocycles. The lowest BCUT2D eigenvalue weighted by atomic mass is 9.90. The van der Waals surface area contributed by atoms with Crippen molar-refractivity contribution in [2.75, 3.05) is 0 Å². The predicted octanol–water partition coefficient (Wildman–Crippen LogP) is 3.07. The van der Waals surface area contributed by atoms with E-state index in [1.54, 1.807) is 6.61 Å². The number of carbonyl (C=O) groups excluding carboxylic acids is 1. The van der Waals surface area contributed by atoms with Crippen LogP contribution in [0.2, 0.25) is 0 Å². The van der Waals surface area contributed by atoms with Crippen LogP contribution in [-0.2, 0) is 9.53 Å². The molecular weight excluding hydrogens is 164 g/mol. The zero-order chi connectivity index (χ0) is 9.52. The first-order valence-corrected chi connectivity index (χ1v) is 5.35. The summed E-state index contributed by atoms with van der Waals surface area (Å²) in [5, 5.41) is 0. The fraction of sp³-hybridized carbons (Fsp3) is 0.818. The van der Waals surface area contributed by atoms with Crippen LogP contribution in [0.5, 0.6) is 0 Å². The summed E-state index contributed by atoms with van der Waals surface area (Å²) in [6.07, 6.45) is 7.71. The highest BCUT2D eigenvalue weighted by Crippen LogP contribution is 2.25. The minimum atomic E-state index is -0.0759. The molecule has 0 heterocycles. The van der Waals surface area contributed by atoms with Gasteiger partial charge >= 0.3 is 5.97 Å². The van der Waals surface area contributed by atoms with E-state index in [9.17, 15) is 4.79 Å². The summed E-state index contributed by atoms with van der Waals surface area (Å²) < 4.78 is 5.06. The molecular formula is C11H19O2. The summed E-state index contributed by atoms with van der Waals surface area (Å²) in [7, 11) is 0. The molecule has 0 unspecified atom stereocenters. The van der Waals surface area contributed by atoms with E-state index in [2.05, 4.69) is 0 Å². The summed E-state index contributed by atoms with van der Waals surface area (Å²) in [5.74, 6) is 0.447. The predicted molar refractivity (Wildman–Crippen MR) is 51.9 cm³/mol. The normalized spacial score (nSPS) is 18.5. The SMILES string of the molecule is CCCC(=O)O[CH]C1CCCCC1. The van der Waals surface area contributed by atoms with Gasteiger partial charge in [0.15, 0.2) is 0 Å². The molecule has 0 aromatic heterocycles. The molecule has 1 rings (SSSR count). The Bertz CT molecular complexity index is 148. The number of esters is 1. The molecule has 0 atom stereocenters. The number of hydrogen-bond acceptors (Lipinski definition) is 2. The Morgan fingerprint density at radius 1 is 1.38 bits per heavy atom. The average molecular weight is 183 g/mol. The van der Waals surface area contributed by atoms with E-state index >= 15 is 0 Å². The molecule has 1 aliphatic carbocycles. The lowest BCUT2D eigenvalue weighted by Gasteiger charge is -2.20. The monoisotopic (exact) mass is 183 g/mol. The van der Waals surface area contributed by atoms with E-state index in [0.717, 1.165) is 6.42 Å². The van der Waals surface area contributed by atoms with Gasteiger partial charge in [0.05, 0.1) is 0 Å². The third-order valence-corrected chi connectivity index (χ3v) is 2.50. The lowest BCUT2D eigenvalue weighted by Crippen LogP contribution is -2.11. The Balaban J connectivity index is 2.06. The largest absolute Gasteiger partial charge is 0.458 e. The summed E-state index contributed by atoms with van der Waals surface area (Å²) in [5.41, 5.74) is 0. The van der Waals surface area contributed by atoms with Crippen molar-refractivity contribution in [3.05, 3.63) is 6.61 Å². The van der Waals surface area contributed by atoms with Crippen LogP contribution in [0, 0.1) is 12.5 Å². The zero-order valence-corrected chi connectivity index (χ0v) is 8.42. The van der Waals surface area contributed by atoms with E-state index in [1.165, 1.54) is 32.1 Å². The van der Waals surface area contributed by atoms with Crippen molar-refractivity contribution in [2.45, 2.75) is 51.9 Å². The van der Waals surface area contributed by atoms with Crippen LogP contribution in [0.15, 0.2) is 0 Å². The van der Waals surface area contributed by atoms with E-state index in [1.807, 2.05) is 6.92 Å². The van der Waals surface area contributed by atoms with E-state index in [0.29, 0.717) is 12.3 Å². The van der Waals surface area contributed by atoms with Gasteiger partial charge in [0.1, 0.15) is 6.61 Å². The molecule has 0 saturated heterocycles. The van der Waals surface area contributed by atoms with Crippen LogP contribution < -0.4 is 0 Å². The van der Waals surface area contributed by atoms with Gasteiger partial charge in [0.2, 0.25) is 0 Å². The maximum atomic E-state index is 11.0. The highest BCUT2D eigenvalue weighted by molar-refractivity contribution is 5.69. The molecule has 2 heteroatoms. The molecule has 13 heavy (non-hydrogen) atoms. The van der Waals surface area contributed by atoms with E-state index in [-0.39, 0.29) is 5.97 Å². The van der Waals surface area contributed by atoms with Gasteiger partial charge in [-0.1, -0.05) is 26.2 Å². The lowest BCUT2D eigenvalue weighted by molar-refractivity contribution is -0.141. The maximum Gasteiger partial charge on any atom is 0.306 e. The highest BCUT2D eigenvalue weighted by Gasteiger charge is 2.15. The first-order chi connectivity index (χ1) is 6.33. The van der Waals surface area contributed by atoms with Crippen LogP contribution in [0.25, 0.3) is 0 Å². The summed E-state index contributed by atoms with van der Waals surface area (Å²) in [4.78, 5) is 11.0. The van der Waals surface area contributed by atoms with Crippen LogP contribution in [0.4, 0.5) is 0 Å². The van der Waals surface area contributed by atoms with Gasteiger partial charge in [0.25, 0.3) is 0 Å². The molecule has 1 fully saturated rings. The topological polar surface area (TPSA) is 26.3 Å². The minimum absolute atomic E-state index is 0.0759. The fourth-order valence-corrected chi connectivity index (χ4v) is 1.71. The molecule has 1 saturated carbocycles. The number of ether oxygens (including phenoxy) is 1. The zero-order valence-electron chi connectivity index (χ0n) is 8.42. The van der Waals surface area contributed by atoms with Gasteiger partial charge in [-0.15, -0.1) is 0 Å². The molecule has 0 bridgehead atoms. The molecule has 1 aliphatic rings. The standard InChI is InChI=1S/C11H19O2/c1-2-6-11(12)13-9-10-7-4-3-5-8-10/h9-10H,2-8H2,1H3. The quantitative estimate of drug-likeness (QED) is 0.626. The van der Waals surface area contributed by atoms with Gasteiger partial charge in [-0.2, -0.15) is 0 Å². The molecule has 0 aromatic carbocycles. The van der Waals surface area contributed by atoms with Crippen molar-refractivity contribution in [3.8, 4) is 0 Å². The Hall–Kier alpha value is -0.530. The third kappa shape index (κ3) is 4.30. The Morgan fingerprint density at radius 2 is 2.08 bits per heavy atom. The average Bonchev–Trinajstić information content (AvgIpc) is 2.17. The van der Waals surface area contributed by atoms with Gasteiger partial charge in [-0.3, -0.25) is 4.79 Å². The van der Waals surface area contributed by atoms with Gasteiger partial charge in [-0.25, -0.2) is 0 Å². The minimum Gasteiger partial charge on any atom is -0.458 e. The van der Waals surface area contributed by atoms with Gasteiger partial charge in [-0.05, 0) is 25.2 Å². The second kappa shape index (κ2) is 6.01. The van der Waals surface area contributed by atoms with Gasteiger partial charge in [0, 0.05) is 6.42 Å². The molecule has 1 radical (unpaired) electrons. The van der Waals surface area contributed by atoms with Crippen molar-refractivity contribution in [3.63, 3.8) is 0 Å². The summed E-state index contributed by atoms with van der Waals surface area (Å²) in [6, 6.07) is 0. The van der Waals surface area contributed by atoms with Crippen LogP contribution in [-0.4, -0.2) is 5.97 Å². The van der Waals surface area contributed by atoms with Crippen molar-refractivity contribution in [1.82, 2.24) is 0 Å². The van der Waals surface area contributed by atoms with Crippen LogP contribution in [0.1, 0.15) is 51.9 Å². The highest BCUT2D eigenvalue weighted by atomic mass is 16.5. The first kappa shape index (κ1) is 10.6. The number of hydrogen-bond donors (Lipinski definition) is 0. The second-order valence-corrected chi connectivity index (χ2v) is 3.77. The van der Waals surface area contributed by atoms with E-state index in [4.69, 9.17) is 4.74 Å². The van der Waals surface area contributed by atoms with Crippen molar-refractivity contribution < 1.29 is 9.53 Å². The van der Waals surface area contributed by atoms with Gasteiger partial charge < -0.3 is 4.74 Å².